The number of halogens is 2. The number of benzene rings is 1. The fourth-order valence-electron chi connectivity index (χ4n) is 5.05. The van der Waals surface area contributed by atoms with Crippen LogP contribution in [0.1, 0.15) is 35.7 Å². The van der Waals surface area contributed by atoms with Crippen molar-refractivity contribution in [3.8, 4) is 11.3 Å². The molecular weight excluding hydrogens is 422 g/mol. The third-order valence-electron chi connectivity index (χ3n) is 7.01. The van der Waals surface area contributed by atoms with Gasteiger partial charge in [0, 0.05) is 24.1 Å². The first-order valence-electron chi connectivity index (χ1n) is 10.7. The zero-order valence-corrected chi connectivity index (χ0v) is 17.4. The Morgan fingerprint density at radius 1 is 1.28 bits per heavy atom. The molecule has 1 aromatic heterocycles. The lowest BCUT2D eigenvalue weighted by atomic mass is 9.85. The van der Waals surface area contributed by atoms with E-state index in [0.717, 1.165) is 11.1 Å². The highest BCUT2D eigenvalue weighted by atomic mass is 19.3. The van der Waals surface area contributed by atoms with Gasteiger partial charge in [-0.15, -0.1) is 0 Å². The van der Waals surface area contributed by atoms with Gasteiger partial charge in [-0.05, 0) is 30.5 Å². The maximum atomic E-state index is 14.7. The second kappa shape index (κ2) is 6.58. The first-order valence-corrected chi connectivity index (χ1v) is 10.7. The summed E-state index contributed by atoms with van der Waals surface area (Å²) in [5.41, 5.74) is 2.41. The number of hydrogen-bond donors (Lipinski definition) is 2. The summed E-state index contributed by atoms with van der Waals surface area (Å²) in [4.78, 5) is 22.3. The number of hydrogen-bond acceptors (Lipinski definition) is 7. The molecule has 3 atom stereocenters. The molecule has 2 aromatic rings. The van der Waals surface area contributed by atoms with Gasteiger partial charge in [0.1, 0.15) is 17.8 Å². The van der Waals surface area contributed by atoms with Gasteiger partial charge in [-0.3, -0.25) is 0 Å². The van der Waals surface area contributed by atoms with Gasteiger partial charge in [-0.2, -0.15) is 8.78 Å². The largest absolute Gasteiger partial charge is 0.447 e. The van der Waals surface area contributed by atoms with Crippen molar-refractivity contribution in [3.63, 3.8) is 0 Å². The van der Waals surface area contributed by atoms with Crippen molar-refractivity contribution in [1.29, 1.82) is 0 Å². The Bertz CT molecular complexity index is 1140. The van der Waals surface area contributed by atoms with E-state index in [0.29, 0.717) is 36.6 Å². The van der Waals surface area contributed by atoms with E-state index in [2.05, 4.69) is 15.3 Å². The molecule has 2 N–H and O–H groups in total. The molecule has 0 bridgehead atoms. The molecule has 6 rings (SSSR count). The minimum atomic E-state index is -3.01. The highest BCUT2D eigenvalue weighted by Crippen LogP contribution is 2.45. The first-order chi connectivity index (χ1) is 15.3. The van der Waals surface area contributed by atoms with Crippen LogP contribution in [0.5, 0.6) is 0 Å². The molecule has 4 heterocycles. The van der Waals surface area contributed by atoms with Crippen molar-refractivity contribution < 1.29 is 28.2 Å². The standard InChI is InChI=1S/C22H22F2N4O4/c1-11-16(29)7-28(11)19-25-17(14-4-5-22(23,24)18(14)26-19)12-2-3-15-13(6-12)8-31-9-21(15)10-32-20(30)27-21/h2-3,6,11,16,29H,4-5,7-10H2,1H3,(H,27,30)/t11-,16+,21+/m0/s1. The van der Waals surface area contributed by atoms with Crippen LogP contribution in [0.2, 0.25) is 0 Å². The maximum Gasteiger partial charge on any atom is 0.408 e. The SMILES string of the molecule is C[C@H]1[C@H](O)CN1c1nc(-c2ccc3c(c2)COC[C@@]32COC(=O)N2)c2c(n1)C(F)(F)CC2. The molecule has 32 heavy (non-hydrogen) atoms. The normalized spacial score (nSPS) is 29.9. The molecule has 10 heteroatoms. The molecule has 2 saturated heterocycles. The smallest absolute Gasteiger partial charge is 0.408 e. The van der Waals surface area contributed by atoms with E-state index < -0.39 is 23.7 Å². The summed E-state index contributed by atoms with van der Waals surface area (Å²) in [6, 6.07) is 5.38. The predicted molar refractivity (Wildman–Crippen MR) is 108 cm³/mol. The van der Waals surface area contributed by atoms with Gasteiger partial charge < -0.3 is 24.8 Å². The fraction of sp³-hybridized carbons (Fsp3) is 0.500. The van der Waals surface area contributed by atoms with Crippen molar-refractivity contribution in [1.82, 2.24) is 15.3 Å². The molecule has 1 aromatic carbocycles. The average Bonchev–Trinajstić information content (AvgIpc) is 3.30. The zero-order valence-electron chi connectivity index (χ0n) is 17.4. The minimum absolute atomic E-state index is 0.173. The molecule has 2 fully saturated rings. The van der Waals surface area contributed by atoms with Crippen molar-refractivity contribution >= 4 is 12.0 Å². The van der Waals surface area contributed by atoms with E-state index in [9.17, 15) is 18.7 Å². The van der Waals surface area contributed by atoms with E-state index in [-0.39, 0.29) is 37.1 Å². The molecule has 1 aliphatic carbocycles. The van der Waals surface area contributed by atoms with Crippen molar-refractivity contribution in [2.75, 3.05) is 24.7 Å². The minimum Gasteiger partial charge on any atom is -0.447 e. The number of alkyl carbamates (subject to hydrolysis) is 1. The molecular formula is C22H22F2N4O4. The van der Waals surface area contributed by atoms with Crippen LogP contribution in [0.15, 0.2) is 18.2 Å². The lowest BCUT2D eigenvalue weighted by molar-refractivity contribution is -0.00603. The van der Waals surface area contributed by atoms with Crippen molar-refractivity contribution in [3.05, 3.63) is 40.6 Å². The molecule has 168 valence electrons. The monoisotopic (exact) mass is 444 g/mol. The number of aliphatic hydroxyl groups is 1. The number of aliphatic hydroxyl groups excluding tert-OH is 1. The Morgan fingerprint density at radius 2 is 2.12 bits per heavy atom. The summed E-state index contributed by atoms with van der Waals surface area (Å²) in [6.45, 7) is 2.94. The third-order valence-corrected chi connectivity index (χ3v) is 7.01. The van der Waals surface area contributed by atoms with Gasteiger partial charge >= 0.3 is 6.09 Å². The second-order valence-electron chi connectivity index (χ2n) is 9.01. The molecule has 0 unspecified atom stereocenters. The van der Waals surface area contributed by atoms with Crippen LogP contribution >= 0.6 is 0 Å². The number of nitrogens with zero attached hydrogens (tertiary/aromatic N) is 3. The van der Waals surface area contributed by atoms with E-state index in [1.807, 2.05) is 25.1 Å². The number of aromatic nitrogens is 2. The molecule has 3 aliphatic heterocycles. The van der Waals surface area contributed by atoms with Crippen LogP contribution in [0.25, 0.3) is 11.3 Å². The number of anilines is 1. The Labute approximate surface area is 182 Å². The predicted octanol–water partition coefficient (Wildman–Crippen LogP) is 2.22. The number of alkyl halides is 2. The van der Waals surface area contributed by atoms with Gasteiger partial charge in [-0.1, -0.05) is 12.1 Å². The summed E-state index contributed by atoms with van der Waals surface area (Å²) in [5, 5.41) is 12.7. The average molecular weight is 444 g/mol. The first kappa shape index (κ1) is 19.8. The molecule has 1 amide bonds. The number of fused-ring (bicyclic) bond motifs is 3. The van der Waals surface area contributed by atoms with Gasteiger partial charge in [0.25, 0.3) is 5.92 Å². The topological polar surface area (TPSA) is 96.8 Å². The van der Waals surface area contributed by atoms with Crippen LogP contribution in [0.3, 0.4) is 0 Å². The Kier molecular flexibility index (Phi) is 4.07. The summed E-state index contributed by atoms with van der Waals surface area (Å²) >= 11 is 0. The van der Waals surface area contributed by atoms with Crippen molar-refractivity contribution in [2.24, 2.45) is 0 Å². The Morgan fingerprint density at radius 3 is 2.84 bits per heavy atom. The number of β-amino-alcohol motifs (C(OH)–C–C–N with tert-alkyl or cyclic N) is 1. The molecule has 8 nitrogen and oxygen atoms in total. The van der Waals surface area contributed by atoms with Crippen LogP contribution < -0.4 is 10.2 Å². The van der Waals surface area contributed by atoms with Crippen molar-refractivity contribution in [2.45, 2.75) is 50.0 Å². The van der Waals surface area contributed by atoms with Gasteiger partial charge in [0.2, 0.25) is 5.95 Å². The highest BCUT2D eigenvalue weighted by Gasteiger charge is 2.47. The highest BCUT2D eigenvalue weighted by molar-refractivity contribution is 5.73. The number of nitrogens with one attached hydrogen (secondary N) is 1. The summed E-state index contributed by atoms with van der Waals surface area (Å²) < 4.78 is 40.2. The molecule has 4 aliphatic rings. The molecule has 0 saturated carbocycles. The van der Waals surface area contributed by atoms with Gasteiger partial charge in [-0.25, -0.2) is 14.8 Å². The fourth-order valence-corrected chi connectivity index (χ4v) is 5.05. The van der Waals surface area contributed by atoms with Gasteiger partial charge in [0.05, 0.1) is 31.1 Å². The summed E-state index contributed by atoms with van der Waals surface area (Å²) in [6.07, 6.45) is -1.13. The van der Waals surface area contributed by atoms with E-state index >= 15 is 0 Å². The van der Waals surface area contributed by atoms with Crippen LogP contribution in [-0.2, 0) is 34.0 Å². The van der Waals surface area contributed by atoms with Crippen LogP contribution in [0.4, 0.5) is 19.5 Å². The Hall–Kier alpha value is -2.85. The summed E-state index contributed by atoms with van der Waals surface area (Å²) in [5.74, 6) is -2.80. The quantitative estimate of drug-likeness (QED) is 0.733. The van der Waals surface area contributed by atoms with E-state index in [4.69, 9.17) is 9.47 Å². The maximum absolute atomic E-state index is 14.7. The molecule has 0 radical (unpaired) electrons. The second-order valence-corrected chi connectivity index (χ2v) is 9.01. The lowest BCUT2D eigenvalue weighted by Crippen LogP contribution is -2.59. The molecule has 1 spiro atoms. The third kappa shape index (κ3) is 2.75. The van der Waals surface area contributed by atoms with E-state index in [1.165, 1.54) is 0 Å². The van der Waals surface area contributed by atoms with E-state index in [1.54, 1.807) is 4.90 Å². The number of carbonyl (C=O) groups is 1. The van der Waals surface area contributed by atoms with Crippen LogP contribution in [-0.4, -0.2) is 53.1 Å². The number of cyclic esters (lactones) is 1. The number of ether oxygens (including phenoxy) is 2. The zero-order chi connectivity index (χ0) is 22.3. The number of rotatable bonds is 2. The Balaban J connectivity index is 1.46. The van der Waals surface area contributed by atoms with Crippen LogP contribution in [0, 0.1) is 0 Å². The van der Waals surface area contributed by atoms with Gasteiger partial charge in [0.15, 0.2) is 0 Å². The number of carbonyl (C=O) groups excluding carboxylic acids is 1. The number of amides is 1. The summed E-state index contributed by atoms with van der Waals surface area (Å²) in [7, 11) is 0. The lowest BCUT2D eigenvalue weighted by Gasteiger charge is -2.43.